The fourth-order valence-electron chi connectivity index (χ4n) is 2.08. The van der Waals surface area contributed by atoms with Crippen molar-refractivity contribution in [3.05, 3.63) is 59.4 Å². The highest BCUT2D eigenvalue weighted by Crippen LogP contribution is 2.16. The zero-order valence-electron chi connectivity index (χ0n) is 13.7. The zero-order valence-corrected chi connectivity index (χ0v) is 13.7. The van der Waals surface area contributed by atoms with Crippen molar-refractivity contribution in [3.8, 4) is 0 Å². The van der Waals surface area contributed by atoms with E-state index in [0.29, 0.717) is 0 Å². The summed E-state index contributed by atoms with van der Waals surface area (Å²) in [4.78, 5) is 27.5. The van der Waals surface area contributed by atoms with Crippen molar-refractivity contribution in [1.29, 1.82) is 0 Å². The third-order valence-corrected chi connectivity index (χ3v) is 3.32. The van der Waals surface area contributed by atoms with Crippen LogP contribution < -0.4 is 10.7 Å². The molecule has 0 spiro atoms. The topological polar surface area (TPSA) is 83.5 Å². The molecule has 0 bridgehead atoms. The van der Waals surface area contributed by atoms with Crippen LogP contribution in [0.15, 0.2) is 47.8 Å². The van der Waals surface area contributed by atoms with E-state index in [2.05, 4.69) is 20.8 Å². The molecule has 1 heterocycles. The number of hydrogen-bond donors (Lipinski definition) is 2. The van der Waals surface area contributed by atoms with Gasteiger partial charge in [-0.15, -0.1) is 0 Å². The first-order valence-electron chi connectivity index (χ1n) is 7.63. The highest BCUT2D eigenvalue weighted by molar-refractivity contribution is 5.94. The van der Waals surface area contributed by atoms with Crippen LogP contribution in [0.4, 0.5) is 5.69 Å². The Morgan fingerprint density at radius 1 is 1.17 bits per heavy atom. The van der Waals surface area contributed by atoms with Crippen molar-refractivity contribution in [2.45, 2.75) is 26.7 Å². The maximum absolute atomic E-state index is 11.9. The van der Waals surface area contributed by atoms with Gasteiger partial charge in [-0.05, 0) is 31.5 Å². The molecule has 0 saturated carbocycles. The minimum atomic E-state index is -0.314. The average molecular weight is 324 g/mol. The predicted molar refractivity (Wildman–Crippen MR) is 93.8 cm³/mol. The van der Waals surface area contributed by atoms with E-state index in [-0.39, 0.29) is 24.7 Å². The number of hydrazone groups is 1. The Bertz CT molecular complexity index is 742. The van der Waals surface area contributed by atoms with E-state index in [0.717, 1.165) is 22.4 Å². The Morgan fingerprint density at radius 2 is 1.96 bits per heavy atom. The number of amides is 2. The van der Waals surface area contributed by atoms with Crippen molar-refractivity contribution in [2.75, 3.05) is 5.32 Å². The second-order valence-corrected chi connectivity index (χ2v) is 5.45. The van der Waals surface area contributed by atoms with Crippen molar-refractivity contribution >= 4 is 23.7 Å². The number of aryl methyl sites for hydroxylation is 2. The first kappa shape index (κ1) is 17.3. The van der Waals surface area contributed by atoms with Gasteiger partial charge in [-0.1, -0.05) is 23.8 Å². The van der Waals surface area contributed by atoms with E-state index < -0.39 is 0 Å². The Morgan fingerprint density at radius 3 is 2.67 bits per heavy atom. The molecule has 2 N–H and O–H groups in total. The normalized spacial score (nSPS) is 10.6. The quantitative estimate of drug-likeness (QED) is 0.633. The molecule has 6 heteroatoms. The lowest BCUT2D eigenvalue weighted by molar-refractivity contribution is -0.124. The first-order valence-corrected chi connectivity index (χ1v) is 7.63. The summed E-state index contributed by atoms with van der Waals surface area (Å²) in [6.07, 6.45) is 4.96. The standard InChI is InChI=1S/C18H20N4O2/c1-13-5-6-16(14(2)10-13)21-17(23)7-8-18(24)22-20-12-15-4-3-9-19-11-15/h3-6,9-12H,7-8H2,1-2H3,(H,21,23)(H,22,24)/b20-12-. The van der Waals surface area contributed by atoms with Crippen molar-refractivity contribution in [2.24, 2.45) is 5.10 Å². The number of carbonyl (C=O) groups is 2. The van der Waals surface area contributed by atoms with E-state index in [9.17, 15) is 9.59 Å². The lowest BCUT2D eigenvalue weighted by atomic mass is 10.1. The number of benzene rings is 1. The Kier molecular flexibility index (Phi) is 6.19. The molecule has 24 heavy (non-hydrogen) atoms. The molecular weight excluding hydrogens is 304 g/mol. The molecule has 0 aliphatic carbocycles. The number of carbonyl (C=O) groups excluding carboxylic acids is 2. The highest BCUT2D eigenvalue weighted by Gasteiger charge is 2.08. The van der Waals surface area contributed by atoms with E-state index in [4.69, 9.17) is 0 Å². The van der Waals surface area contributed by atoms with Crippen LogP contribution in [0.1, 0.15) is 29.5 Å². The second-order valence-electron chi connectivity index (χ2n) is 5.45. The Hall–Kier alpha value is -3.02. The molecule has 2 amide bonds. The smallest absolute Gasteiger partial charge is 0.240 e. The summed E-state index contributed by atoms with van der Waals surface area (Å²) in [5.41, 5.74) is 6.07. The molecule has 0 aliphatic heterocycles. The van der Waals surface area contributed by atoms with E-state index in [1.54, 1.807) is 18.5 Å². The summed E-state index contributed by atoms with van der Waals surface area (Å²) < 4.78 is 0. The molecular formula is C18H20N4O2. The van der Waals surface area contributed by atoms with Gasteiger partial charge < -0.3 is 5.32 Å². The van der Waals surface area contributed by atoms with E-state index in [1.165, 1.54) is 6.21 Å². The van der Waals surface area contributed by atoms with Gasteiger partial charge >= 0.3 is 0 Å². The molecule has 124 valence electrons. The fraction of sp³-hybridized carbons (Fsp3) is 0.222. The third-order valence-electron chi connectivity index (χ3n) is 3.32. The zero-order chi connectivity index (χ0) is 17.4. The summed E-state index contributed by atoms with van der Waals surface area (Å²) in [6.45, 7) is 3.93. The number of rotatable bonds is 6. The molecule has 1 aromatic heterocycles. The van der Waals surface area contributed by atoms with Crippen LogP contribution in [0.25, 0.3) is 0 Å². The van der Waals surface area contributed by atoms with Gasteiger partial charge in [0.15, 0.2) is 0 Å². The largest absolute Gasteiger partial charge is 0.326 e. The molecule has 2 rings (SSSR count). The van der Waals surface area contributed by atoms with Crippen molar-refractivity contribution < 1.29 is 9.59 Å². The SMILES string of the molecule is Cc1ccc(NC(=O)CCC(=O)N/N=C\c2cccnc2)c(C)c1. The number of aromatic nitrogens is 1. The number of nitrogens with one attached hydrogen (secondary N) is 2. The summed E-state index contributed by atoms with van der Waals surface area (Å²) in [7, 11) is 0. The van der Waals surface area contributed by atoms with E-state index in [1.807, 2.05) is 38.1 Å². The number of anilines is 1. The Balaban J connectivity index is 1.75. The molecule has 0 aliphatic rings. The van der Waals surface area contributed by atoms with E-state index >= 15 is 0 Å². The maximum Gasteiger partial charge on any atom is 0.240 e. The maximum atomic E-state index is 11.9. The van der Waals surface area contributed by atoms with Crippen molar-refractivity contribution in [1.82, 2.24) is 10.4 Å². The van der Waals surface area contributed by atoms with Gasteiger partial charge in [-0.25, -0.2) is 5.43 Å². The molecule has 1 aromatic carbocycles. The molecule has 6 nitrogen and oxygen atoms in total. The van der Waals surface area contributed by atoms with Gasteiger partial charge in [-0.2, -0.15) is 5.10 Å². The molecule has 0 unspecified atom stereocenters. The van der Waals surface area contributed by atoms with Gasteiger partial charge in [0.05, 0.1) is 6.21 Å². The van der Waals surface area contributed by atoms with Crippen LogP contribution in [0, 0.1) is 13.8 Å². The van der Waals surface area contributed by atoms with Gasteiger partial charge in [0.25, 0.3) is 0 Å². The lowest BCUT2D eigenvalue weighted by Gasteiger charge is -2.08. The van der Waals surface area contributed by atoms with Crippen molar-refractivity contribution in [3.63, 3.8) is 0 Å². The molecule has 0 saturated heterocycles. The summed E-state index contributed by atoms with van der Waals surface area (Å²) in [6, 6.07) is 9.39. The summed E-state index contributed by atoms with van der Waals surface area (Å²) in [5.74, 6) is -0.515. The third kappa shape index (κ3) is 5.64. The molecule has 2 aromatic rings. The predicted octanol–water partition coefficient (Wildman–Crippen LogP) is 2.57. The first-order chi connectivity index (χ1) is 11.5. The lowest BCUT2D eigenvalue weighted by Crippen LogP contribution is -2.20. The second kappa shape index (κ2) is 8.57. The average Bonchev–Trinajstić information content (AvgIpc) is 2.56. The monoisotopic (exact) mass is 324 g/mol. The van der Waals surface area contributed by atoms with Crippen LogP contribution in [-0.4, -0.2) is 23.0 Å². The number of pyridine rings is 1. The summed E-state index contributed by atoms with van der Waals surface area (Å²) in [5, 5.41) is 6.64. The molecule has 0 atom stereocenters. The minimum absolute atomic E-state index is 0.0706. The van der Waals surface area contributed by atoms with Gasteiger partial charge in [0, 0.05) is 36.5 Å². The Labute approximate surface area is 141 Å². The van der Waals surface area contributed by atoms with Crippen LogP contribution in [0.2, 0.25) is 0 Å². The van der Waals surface area contributed by atoms with Gasteiger partial charge in [0.2, 0.25) is 11.8 Å². The molecule has 0 radical (unpaired) electrons. The number of nitrogens with zero attached hydrogens (tertiary/aromatic N) is 2. The number of hydrogen-bond acceptors (Lipinski definition) is 4. The minimum Gasteiger partial charge on any atom is -0.326 e. The fourth-order valence-corrected chi connectivity index (χ4v) is 2.08. The molecule has 0 fully saturated rings. The van der Waals surface area contributed by atoms with Crippen LogP contribution in [0.5, 0.6) is 0 Å². The van der Waals surface area contributed by atoms with Crippen LogP contribution in [0.3, 0.4) is 0 Å². The summed E-state index contributed by atoms with van der Waals surface area (Å²) >= 11 is 0. The van der Waals surface area contributed by atoms with Crippen LogP contribution >= 0.6 is 0 Å². The van der Waals surface area contributed by atoms with Gasteiger partial charge in [0.1, 0.15) is 0 Å². The highest BCUT2D eigenvalue weighted by atomic mass is 16.2. The van der Waals surface area contributed by atoms with Gasteiger partial charge in [-0.3, -0.25) is 14.6 Å². The van der Waals surface area contributed by atoms with Crippen LogP contribution in [-0.2, 0) is 9.59 Å².